The van der Waals surface area contributed by atoms with Gasteiger partial charge in [-0.3, -0.25) is 13.9 Å². The molecule has 41 heavy (non-hydrogen) atoms. The molecule has 218 valence electrons. The number of aryl methyl sites for hydroxylation is 1. The van der Waals surface area contributed by atoms with E-state index >= 15 is 0 Å². The number of hydrogen-bond acceptors (Lipinski definition) is 4. The van der Waals surface area contributed by atoms with Gasteiger partial charge in [-0.15, -0.1) is 0 Å². The Labute approximate surface area is 256 Å². The zero-order valence-electron chi connectivity index (χ0n) is 22.8. The molecular formula is C30H32Cl3N3O4S. The minimum absolute atomic E-state index is 0.0170. The van der Waals surface area contributed by atoms with Crippen molar-refractivity contribution in [3.05, 3.63) is 92.9 Å². The lowest BCUT2D eigenvalue weighted by Crippen LogP contribution is -2.52. The molecule has 4 rings (SSSR count). The van der Waals surface area contributed by atoms with Gasteiger partial charge in [0.1, 0.15) is 12.6 Å². The predicted molar refractivity (Wildman–Crippen MR) is 164 cm³/mol. The number of rotatable bonds is 10. The summed E-state index contributed by atoms with van der Waals surface area (Å²) < 4.78 is 28.8. The second-order valence-electron chi connectivity index (χ2n) is 10.2. The summed E-state index contributed by atoms with van der Waals surface area (Å²) in [6, 6.07) is 16.6. The first-order valence-electron chi connectivity index (χ1n) is 13.3. The van der Waals surface area contributed by atoms with E-state index in [1.54, 1.807) is 49.4 Å². The molecule has 0 spiro atoms. The summed E-state index contributed by atoms with van der Waals surface area (Å²) in [5, 5.41) is 4.20. The topological polar surface area (TPSA) is 86.8 Å². The highest BCUT2D eigenvalue weighted by atomic mass is 35.5. The lowest BCUT2D eigenvalue weighted by molar-refractivity contribution is -0.139. The smallest absolute Gasteiger partial charge is 0.264 e. The molecule has 7 nitrogen and oxygen atoms in total. The Morgan fingerprint density at radius 2 is 1.54 bits per heavy atom. The monoisotopic (exact) mass is 635 g/mol. The van der Waals surface area contributed by atoms with Gasteiger partial charge in [0.05, 0.1) is 10.6 Å². The van der Waals surface area contributed by atoms with Gasteiger partial charge in [-0.25, -0.2) is 8.42 Å². The molecule has 0 aliphatic heterocycles. The Morgan fingerprint density at radius 1 is 0.927 bits per heavy atom. The summed E-state index contributed by atoms with van der Waals surface area (Å²) in [4.78, 5) is 28.7. The fraction of sp³-hybridized carbons (Fsp3) is 0.333. The van der Waals surface area contributed by atoms with E-state index in [9.17, 15) is 18.0 Å². The molecule has 0 aromatic heterocycles. The Hall–Kier alpha value is -2.78. The molecule has 3 aromatic rings. The summed E-state index contributed by atoms with van der Waals surface area (Å²) in [5.41, 5.74) is 1.82. The number of hydrogen-bond donors (Lipinski definition) is 1. The predicted octanol–water partition coefficient (Wildman–Crippen LogP) is 6.63. The molecule has 1 aliphatic rings. The SMILES string of the molecule is Cc1ccc(N(CC(=O)N(Cc2ccc(Cl)cc2Cl)C(C)C(=O)NC2CCCC2)S(=O)(=O)c2ccc(Cl)cc2)cc1. The van der Waals surface area contributed by atoms with Crippen molar-refractivity contribution >= 4 is 62.3 Å². The number of nitrogens with one attached hydrogen (secondary N) is 1. The number of nitrogens with zero attached hydrogens (tertiary/aromatic N) is 2. The quantitative estimate of drug-likeness (QED) is 0.271. The molecule has 0 saturated heterocycles. The average Bonchev–Trinajstić information content (AvgIpc) is 3.44. The molecule has 11 heteroatoms. The molecule has 1 atom stereocenters. The van der Waals surface area contributed by atoms with Crippen molar-refractivity contribution in [2.45, 2.75) is 63.1 Å². The van der Waals surface area contributed by atoms with Gasteiger partial charge in [-0.05, 0) is 80.8 Å². The van der Waals surface area contributed by atoms with E-state index in [0.717, 1.165) is 35.6 Å². The van der Waals surface area contributed by atoms with Crippen molar-refractivity contribution in [1.82, 2.24) is 10.2 Å². The minimum Gasteiger partial charge on any atom is -0.352 e. The molecule has 2 amide bonds. The first-order valence-corrected chi connectivity index (χ1v) is 15.9. The molecule has 1 saturated carbocycles. The van der Waals surface area contributed by atoms with Gasteiger partial charge in [-0.1, -0.05) is 71.4 Å². The van der Waals surface area contributed by atoms with Crippen LogP contribution in [-0.2, 0) is 26.2 Å². The van der Waals surface area contributed by atoms with Gasteiger partial charge < -0.3 is 10.2 Å². The fourth-order valence-electron chi connectivity index (χ4n) is 4.78. The molecule has 0 heterocycles. The number of anilines is 1. The summed E-state index contributed by atoms with van der Waals surface area (Å²) in [5.74, 6) is -0.874. The summed E-state index contributed by atoms with van der Waals surface area (Å²) in [7, 11) is -4.18. The van der Waals surface area contributed by atoms with Crippen molar-refractivity contribution < 1.29 is 18.0 Å². The minimum atomic E-state index is -4.18. The normalized spacial score (nSPS) is 14.5. The zero-order valence-corrected chi connectivity index (χ0v) is 25.9. The maximum Gasteiger partial charge on any atom is 0.264 e. The van der Waals surface area contributed by atoms with Crippen molar-refractivity contribution in [2.75, 3.05) is 10.8 Å². The summed E-state index contributed by atoms with van der Waals surface area (Å²) >= 11 is 18.5. The number of carbonyl (C=O) groups is 2. The Bertz CT molecular complexity index is 1490. The van der Waals surface area contributed by atoms with E-state index in [2.05, 4.69) is 5.32 Å². The largest absolute Gasteiger partial charge is 0.352 e. The van der Waals surface area contributed by atoms with Crippen LogP contribution in [0.5, 0.6) is 0 Å². The molecule has 3 aromatic carbocycles. The zero-order chi connectivity index (χ0) is 29.7. The number of amides is 2. The van der Waals surface area contributed by atoms with Gasteiger partial charge in [0, 0.05) is 27.7 Å². The van der Waals surface area contributed by atoms with E-state index in [1.807, 2.05) is 6.92 Å². The van der Waals surface area contributed by atoms with Crippen LogP contribution in [-0.4, -0.2) is 43.8 Å². The molecule has 1 fully saturated rings. The third-order valence-electron chi connectivity index (χ3n) is 7.23. The van der Waals surface area contributed by atoms with Gasteiger partial charge in [0.25, 0.3) is 10.0 Å². The summed E-state index contributed by atoms with van der Waals surface area (Å²) in [6.45, 7) is 2.96. The van der Waals surface area contributed by atoms with E-state index in [-0.39, 0.29) is 23.4 Å². The average molecular weight is 637 g/mol. The van der Waals surface area contributed by atoms with Crippen LogP contribution in [0.3, 0.4) is 0 Å². The van der Waals surface area contributed by atoms with Crippen LogP contribution in [0.2, 0.25) is 15.1 Å². The van der Waals surface area contributed by atoms with Gasteiger partial charge in [0.15, 0.2) is 0 Å². The van der Waals surface area contributed by atoms with Crippen molar-refractivity contribution in [3.63, 3.8) is 0 Å². The van der Waals surface area contributed by atoms with Crippen molar-refractivity contribution in [3.8, 4) is 0 Å². The van der Waals surface area contributed by atoms with Gasteiger partial charge >= 0.3 is 0 Å². The van der Waals surface area contributed by atoms with Crippen LogP contribution in [0.15, 0.2) is 71.6 Å². The maximum absolute atomic E-state index is 14.0. The lowest BCUT2D eigenvalue weighted by atomic mass is 10.1. The third kappa shape index (κ3) is 7.74. The lowest BCUT2D eigenvalue weighted by Gasteiger charge is -2.32. The molecule has 0 radical (unpaired) electrons. The second-order valence-corrected chi connectivity index (χ2v) is 13.4. The molecule has 0 bridgehead atoms. The van der Waals surface area contributed by atoms with Crippen molar-refractivity contribution in [1.29, 1.82) is 0 Å². The first kappa shape index (κ1) is 31.2. The molecule has 1 unspecified atom stereocenters. The molecule has 1 aliphatic carbocycles. The highest BCUT2D eigenvalue weighted by Gasteiger charge is 2.33. The Kier molecular flexibility index (Phi) is 10.2. The van der Waals surface area contributed by atoms with E-state index < -0.39 is 28.5 Å². The van der Waals surface area contributed by atoms with E-state index in [0.29, 0.717) is 26.3 Å². The fourth-order valence-corrected chi connectivity index (χ4v) is 6.79. The van der Waals surface area contributed by atoms with Gasteiger partial charge in [0.2, 0.25) is 11.8 Å². The van der Waals surface area contributed by atoms with Crippen LogP contribution in [0.25, 0.3) is 0 Å². The highest BCUT2D eigenvalue weighted by Crippen LogP contribution is 2.27. The van der Waals surface area contributed by atoms with Crippen LogP contribution >= 0.6 is 34.8 Å². The molecular weight excluding hydrogens is 605 g/mol. The van der Waals surface area contributed by atoms with Crippen LogP contribution in [0.4, 0.5) is 5.69 Å². The number of halogens is 3. The Morgan fingerprint density at radius 3 is 2.15 bits per heavy atom. The van der Waals surface area contributed by atoms with Gasteiger partial charge in [-0.2, -0.15) is 0 Å². The van der Waals surface area contributed by atoms with Crippen LogP contribution in [0, 0.1) is 6.92 Å². The standard InChI is InChI=1S/C30H32Cl3N3O4S/c1-20-7-13-26(14-8-20)36(41(39,40)27-15-11-23(31)12-16-27)19-29(37)35(18-22-9-10-24(32)17-28(22)33)21(2)30(38)34-25-5-3-4-6-25/h7-17,21,25H,3-6,18-19H2,1-2H3,(H,34,38). The maximum atomic E-state index is 14.0. The van der Waals surface area contributed by atoms with E-state index in [1.165, 1.54) is 29.2 Å². The number of carbonyl (C=O) groups excluding carboxylic acids is 2. The Balaban J connectivity index is 1.70. The highest BCUT2D eigenvalue weighted by molar-refractivity contribution is 7.92. The summed E-state index contributed by atoms with van der Waals surface area (Å²) in [6.07, 6.45) is 3.85. The number of sulfonamides is 1. The van der Waals surface area contributed by atoms with E-state index in [4.69, 9.17) is 34.8 Å². The molecule has 1 N–H and O–H groups in total. The van der Waals surface area contributed by atoms with Crippen molar-refractivity contribution in [2.24, 2.45) is 0 Å². The van der Waals surface area contributed by atoms with Crippen LogP contribution < -0.4 is 9.62 Å². The second kappa shape index (κ2) is 13.5. The van der Waals surface area contributed by atoms with Crippen LogP contribution in [0.1, 0.15) is 43.7 Å². The number of benzene rings is 3. The third-order valence-corrected chi connectivity index (χ3v) is 9.85. The first-order chi connectivity index (χ1) is 19.5.